The van der Waals surface area contributed by atoms with Gasteiger partial charge < -0.3 is 30.5 Å². The van der Waals surface area contributed by atoms with E-state index in [0.29, 0.717) is 77.6 Å². The lowest BCUT2D eigenvalue weighted by Crippen LogP contribution is -2.46. The summed E-state index contributed by atoms with van der Waals surface area (Å²) in [6, 6.07) is 19.1. The van der Waals surface area contributed by atoms with Crippen LogP contribution >= 0.6 is 23.2 Å². The Kier molecular flexibility index (Phi) is 10.9. The lowest BCUT2D eigenvalue weighted by Gasteiger charge is -2.28. The number of nitrogens with zero attached hydrogens (tertiary/aromatic N) is 3. The Hall–Kier alpha value is -4.36. The lowest BCUT2D eigenvalue weighted by molar-refractivity contribution is -0.119. The molecule has 0 saturated carbocycles. The number of fused-ring (bicyclic) bond motifs is 1. The van der Waals surface area contributed by atoms with Gasteiger partial charge in [-0.3, -0.25) is 14.0 Å². The number of rotatable bonds is 11. The Morgan fingerprint density at radius 2 is 1.73 bits per heavy atom. The number of hydrogen-bond acceptors (Lipinski definition) is 9. The summed E-state index contributed by atoms with van der Waals surface area (Å²) in [5.74, 6) is 0.580. The molecule has 0 aliphatic carbocycles. The fourth-order valence-corrected chi connectivity index (χ4v) is 7.55. The number of nitrogens with one attached hydrogen (secondary N) is 3. The van der Waals surface area contributed by atoms with Gasteiger partial charge in [-0.1, -0.05) is 65.7 Å². The molecule has 2 aliphatic rings. The minimum Gasteiger partial charge on any atom is -0.481 e. The number of aliphatic hydroxyl groups excluding tert-OH is 1. The highest BCUT2D eigenvalue weighted by molar-refractivity contribution is 6.39. The van der Waals surface area contributed by atoms with Crippen LogP contribution in [0.15, 0.2) is 71.7 Å². The van der Waals surface area contributed by atoms with Gasteiger partial charge in [-0.15, -0.1) is 0 Å². The van der Waals surface area contributed by atoms with E-state index < -0.39 is 6.10 Å². The topological polar surface area (TPSA) is 139 Å². The minimum atomic E-state index is -0.620. The third-order valence-corrected chi connectivity index (χ3v) is 10.6. The average molecular weight is 744 g/mol. The number of pyridine rings is 2. The Labute approximate surface area is 311 Å². The highest BCUT2D eigenvalue weighted by atomic mass is 35.5. The molecule has 11 nitrogen and oxygen atoms in total. The summed E-state index contributed by atoms with van der Waals surface area (Å²) in [4.78, 5) is 34.6. The molecule has 2 fully saturated rings. The summed E-state index contributed by atoms with van der Waals surface area (Å²) in [6.45, 7) is 4.17. The maximum absolute atomic E-state index is 13.5. The summed E-state index contributed by atoms with van der Waals surface area (Å²) in [7, 11) is 1.59. The molecule has 0 unspecified atom stereocenters. The zero-order valence-electron chi connectivity index (χ0n) is 28.9. The van der Waals surface area contributed by atoms with Crippen LogP contribution in [-0.4, -0.2) is 70.4 Å². The van der Waals surface area contributed by atoms with Gasteiger partial charge in [0.2, 0.25) is 11.8 Å². The maximum atomic E-state index is 13.5. The van der Waals surface area contributed by atoms with Crippen LogP contribution in [0.5, 0.6) is 5.88 Å². The minimum absolute atomic E-state index is 0.0917. The molecule has 13 heteroatoms. The van der Waals surface area contributed by atoms with E-state index in [1.165, 1.54) is 4.40 Å². The number of hydrogen-bond donors (Lipinski definition) is 4. The second kappa shape index (κ2) is 15.7. The number of carbonyl (C=O) groups is 1. The van der Waals surface area contributed by atoms with E-state index in [4.69, 9.17) is 42.6 Å². The number of carbonyl (C=O) groups excluding carboxylic acids is 1. The molecular formula is C39H40Cl2N6O5. The van der Waals surface area contributed by atoms with E-state index in [2.05, 4.69) is 16.0 Å². The molecule has 0 spiro atoms. The van der Waals surface area contributed by atoms with Crippen molar-refractivity contribution in [1.29, 1.82) is 0 Å². The highest BCUT2D eigenvalue weighted by Gasteiger charge is 2.24. The van der Waals surface area contributed by atoms with Crippen LogP contribution in [0.2, 0.25) is 10.0 Å². The monoisotopic (exact) mass is 742 g/mol. The van der Waals surface area contributed by atoms with Crippen molar-refractivity contribution in [2.24, 2.45) is 0 Å². The number of amides is 1. The predicted molar refractivity (Wildman–Crippen MR) is 202 cm³/mol. The number of methoxy groups -OCH3 is 1. The van der Waals surface area contributed by atoms with Crippen LogP contribution in [0, 0.1) is 6.92 Å². The molecule has 5 aromatic rings. The number of benzene rings is 2. The van der Waals surface area contributed by atoms with Crippen LogP contribution < -0.4 is 26.2 Å². The normalized spacial score (nSPS) is 18.9. The van der Waals surface area contributed by atoms with Crippen molar-refractivity contribution in [3.63, 3.8) is 0 Å². The number of aryl methyl sites for hydroxylation is 1. The smallest absolute Gasteiger partial charge is 0.262 e. The molecule has 7 rings (SSSR count). The molecule has 3 aromatic heterocycles. The van der Waals surface area contributed by atoms with Crippen molar-refractivity contribution < 1.29 is 19.4 Å². The quantitative estimate of drug-likeness (QED) is 0.142. The average Bonchev–Trinajstić information content (AvgIpc) is 3.57. The first-order chi connectivity index (χ1) is 25.2. The standard InChI is InChI=1S/C39H40Cl2N6O5/c1-22-30(20-43-32-14-16-52-21-33(32)48)39(50)47-15-13-23(17-34(47)44-22)26-5-3-6-27(36(26)40)28-7-4-8-29(37(28)41)31-11-9-24(38(46-31)51-2)18-42-19-25-10-12-35(49)45-25/h3-9,11,13,15,17,25,32-33,42-43,48H,10,12,14,16,18-21H2,1-2H3,(H,45,49)/t25-,32+,33+/m0/s1. The van der Waals surface area contributed by atoms with Crippen molar-refractivity contribution in [2.45, 2.75) is 57.5 Å². The molecular weight excluding hydrogens is 703 g/mol. The molecule has 3 atom stereocenters. The van der Waals surface area contributed by atoms with Gasteiger partial charge in [0.25, 0.3) is 5.56 Å². The zero-order chi connectivity index (χ0) is 36.4. The molecule has 4 N–H and O–H groups in total. The Morgan fingerprint density at radius 3 is 2.46 bits per heavy atom. The van der Waals surface area contributed by atoms with Crippen LogP contribution in [0.25, 0.3) is 39.2 Å². The van der Waals surface area contributed by atoms with Gasteiger partial charge in [-0.25, -0.2) is 9.97 Å². The maximum Gasteiger partial charge on any atom is 0.262 e. The number of halogens is 2. The Bertz CT molecular complexity index is 2190. The second-order valence-corrected chi connectivity index (χ2v) is 13.9. The summed E-state index contributed by atoms with van der Waals surface area (Å²) in [5.41, 5.74) is 6.83. The van der Waals surface area contributed by atoms with Gasteiger partial charge in [0, 0.05) is 84.5 Å². The van der Waals surface area contributed by atoms with Gasteiger partial charge in [0.05, 0.1) is 41.1 Å². The number of aliphatic hydroxyl groups is 1. The Balaban J connectivity index is 1.13. The van der Waals surface area contributed by atoms with E-state index in [9.17, 15) is 14.7 Å². The number of ether oxygens (including phenoxy) is 2. The van der Waals surface area contributed by atoms with Crippen LogP contribution in [0.4, 0.5) is 0 Å². The third kappa shape index (κ3) is 7.43. The molecule has 2 aliphatic heterocycles. The lowest BCUT2D eigenvalue weighted by atomic mass is 9.97. The van der Waals surface area contributed by atoms with Crippen molar-refractivity contribution in [3.05, 3.63) is 104 Å². The first-order valence-corrected chi connectivity index (χ1v) is 18.1. The van der Waals surface area contributed by atoms with Crippen LogP contribution in [0.3, 0.4) is 0 Å². The fourth-order valence-electron chi connectivity index (χ4n) is 6.89. The SMILES string of the molecule is COc1nc(-c2cccc(-c3cccc(-c4ccn5c(=O)c(CN[C@@H]6CCOC[C@H]6O)c(C)nc5c4)c3Cl)c2Cl)ccc1CNC[C@@H]1CCC(=O)N1. The second-order valence-electron chi connectivity index (χ2n) is 13.2. The molecule has 0 radical (unpaired) electrons. The van der Waals surface area contributed by atoms with Crippen molar-refractivity contribution in [3.8, 4) is 39.4 Å². The molecule has 2 saturated heterocycles. The summed E-state index contributed by atoms with van der Waals surface area (Å²) >= 11 is 14.2. The van der Waals surface area contributed by atoms with Crippen molar-refractivity contribution in [1.82, 2.24) is 30.3 Å². The third-order valence-electron chi connectivity index (χ3n) is 9.80. The van der Waals surface area contributed by atoms with E-state index in [1.807, 2.05) is 67.6 Å². The molecule has 270 valence electrons. The van der Waals surface area contributed by atoms with Gasteiger partial charge in [0.15, 0.2) is 0 Å². The Morgan fingerprint density at radius 1 is 0.981 bits per heavy atom. The summed E-state index contributed by atoms with van der Waals surface area (Å²) < 4.78 is 12.5. The summed E-state index contributed by atoms with van der Waals surface area (Å²) in [6.07, 6.45) is 3.16. The molecule has 1 amide bonds. The molecule has 52 heavy (non-hydrogen) atoms. The fraction of sp³-hybridized carbons (Fsp3) is 0.333. The van der Waals surface area contributed by atoms with Crippen LogP contribution in [0.1, 0.15) is 36.1 Å². The largest absolute Gasteiger partial charge is 0.481 e. The van der Waals surface area contributed by atoms with E-state index in [0.717, 1.165) is 39.8 Å². The molecule has 2 aromatic carbocycles. The van der Waals surface area contributed by atoms with Crippen LogP contribution in [-0.2, 0) is 22.6 Å². The van der Waals surface area contributed by atoms with Gasteiger partial charge >= 0.3 is 0 Å². The first kappa shape index (κ1) is 36.0. The van der Waals surface area contributed by atoms with Gasteiger partial charge in [-0.05, 0) is 43.5 Å². The van der Waals surface area contributed by atoms with Crippen molar-refractivity contribution >= 4 is 34.8 Å². The zero-order valence-corrected chi connectivity index (χ0v) is 30.4. The summed E-state index contributed by atoms with van der Waals surface area (Å²) in [5, 5.41) is 20.9. The van der Waals surface area contributed by atoms with E-state index in [1.54, 1.807) is 13.3 Å². The highest BCUT2D eigenvalue weighted by Crippen LogP contribution is 2.42. The van der Waals surface area contributed by atoms with Crippen molar-refractivity contribution in [2.75, 3.05) is 26.9 Å². The predicted octanol–water partition coefficient (Wildman–Crippen LogP) is 5.32. The molecule has 0 bridgehead atoms. The molecule has 5 heterocycles. The van der Waals surface area contributed by atoms with Gasteiger partial charge in [-0.2, -0.15) is 0 Å². The van der Waals surface area contributed by atoms with E-state index >= 15 is 0 Å². The van der Waals surface area contributed by atoms with Gasteiger partial charge in [0.1, 0.15) is 5.65 Å². The first-order valence-electron chi connectivity index (χ1n) is 17.3. The van der Waals surface area contributed by atoms with E-state index in [-0.39, 0.29) is 30.2 Å². The number of aromatic nitrogens is 3.